The van der Waals surface area contributed by atoms with Gasteiger partial charge in [0, 0.05) is 12.0 Å². The van der Waals surface area contributed by atoms with Crippen LogP contribution in [0.5, 0.6) is 5.88 Å². The molecule has 2 heterocycles. The standard InChI is InChI=1S/C25H32N6O3/c1-14-29-23(27)21-24(30-14)34-25(2,3)22(31-21)18-10-8-17(9-11-18)16-6-4-15(5-7-16)12-20(33)28-13-19(26)32/h8-11,15-16H,4-7,12-13H2,1-3H3,(H2,26,32)(H,28,33)(H2,27,29,30)/t15-,16-. The maximum Gasteiger partial charge on any atom is 0.246 e. The van der Waals surface area contributed by atoms with Crippen molar-refractivity contribution in [3.8, 4) is 5.88 Å². The van der Waals surface area contributed by atoms with Crippen LogP contribution in [-0.2, 0) is 9.59 Å². The van der Waals surface area contributed by atoms with Gasteiger partial charge in [-0.15, -0.1) is 0 Å². The second kappa shape index (κ2) is 9.40. The Morgan fingerprint density at radius 2 is 1.79 bits per heavy atom. The zero-order chi connectivity index (χ0) is 24.5. The Morgan fingerprint density at radius 1 is 1.12 bits per heavy atom. The Kier molecular flexibility index (Phi) is 6.54. The molecule has 0 atom stereocenters. The number of hydrogen-bond donors (Lipinski definition) is 3. The van der Waals surface area contributed by atoms with E-state index in [1.54, 1.807) is 6.92 Å². The number of anilines is 1. The van der Waals surface area contributed by atoms with Crippen molar-refractivity contribution in [3.05, 3.63) is 41.2 Å². The van der Waals surface area contributed by atoms with Gasteiger partial charge in [0.05, 0.1) is 12.3 Å². The monoisotopic (exact) mass is 464 g/mol. The number of hydrogen-bond acceptors (Lipinski definition) is 7. The molecule has 0 bridgehead atoms. The summed E-state index contributed by atoms with van der Waals surface area (Å²) in [5, 5.41) is 2.58. The minimum atomic E-state index is -0.658. The number of carbonyl (C=O) groups excluding carboxylic acids is 2. The van der Waals surface area contributed by atoms with Gasteiger partial charge in [-0.05, 0) is 63.9 Å². The number of fused-ring (bicyclic) bond motifs is 1. The SMILES string of the molecule is Cc1nc(N)c2c(n1)OC(C)(C)C(c1ccc([C@H]3CC[C@H](CC(=O)NCC(N)=O)CC3)cc1)=N2. The number of nitrogens with one attached hydrogen (secondary N) is 1. The first-order chi connectivity index (χ1) is 16.1. The van der Waals surface area contributed by atoms with E-state index in [0.29, 0.717) is 41.5 Å². The molecule has 1 aliphatic heterocycles. The van der Waals surface area contributed by atoms with Crippen LogP contribution < -0.4 is 21.5 Å². The lowest BCUT2D eigenvalue weighted by Crippen LogP contribution is -2.41. The summed E-state index contributed by atoms with van der Waals surface area (Å²) in [7, 11) is 0. The molecule has 9 nitrogen and oxygen atoms in total. The van der Waals surface area contributed by atoms with E-state index in [0.717, 1.165) is 37.0 Å². The predicted molar refractivity (Wildman–Crippen MR) is 130 cm³/mol. The van der Waals surface area contributed by atoms with Gasteiger partial charge in [-0.1, -0.05) is 24.3 Å². The second-order valence-electron chi connectivity index (χ2n) is 9.67. The fourth-order valence-electron chi connectivity index (χ4n) is 4.82. The van der Waals surface area contributed by atoms with Crippen molar-refractivity contribution in [2.24, 2.45) is 16.6 Å². The largest absolute Gasteiger partial charge is 0.463 e. The highest BCUT2D eigenvalue weighted by Crippen LogP contribution is 2.40. The molecule has 1 aliphatic carbocycles. The Labute approximate surface area is 199 Å². The van der Waals surface area contributed by atoms with Crippen LogP contribution in [0, 0.1) is 12.8 Å². The molecule has 1 aromatic heterocycles. The van der Waals surface area contributed by atoms with Crippen LogP contribution in [0.15, 0.2) is 29.3 Å². The normalized spacial score (nSPS) is 21.1. The second-order valence-corrected chi connectivity index (χ2v) is 9.67. The summed E-state index contributed by atoms with van der Waals surface area (Å²) < 4.78 is 6.15. The Balaban J connectivity index is 1.42. The third-order valence-electron chi connectivity index (χ3n) is 6.57. The maximum absolute atomic E-state index is 12.0. The lowest BCUT2D eigenvalue weighted by molar-refractivity contribution is -0.125. The van der Waals surface area contributed by atoms with Gasteiger partial charge in [0.1, 0.15) is 11.4 Å². The molecule has 1 saturated carbocycles. The van der Waals surface area contributed by atoms with E-state index < -0.39 is 11.5 Å². The summed E-state index contributed by atoms with van der Waals surface area (Å²) in [5.41, 5.74) is 14.0. The van der Waals surface area contributed by atoms with E-state index in [2.05, 4.69) is 39.6 Å². The van der Waals surface area contributed by atoms with Gasteiger partial charge in [-0.3, -0.25) is 9.59 Å². The number of benzene rings is 1. The van der Waals surface area contributed by atoms with Gasteiger partial charge in [-0.2, -0.15) is 4.98 Å². The fourth-order valence-corrected chi connectivity index (χ4v) is 4.82. The van der Waals surface area contributed by atoms with E-state index in [-0.39, 0.29) is 12.5 Å². The van der Waals surface area contributed by atoms with E-state index in [1.807, 2.05) is 13.8 Å². The highest BCUT2D eigenvalue weighted by Gasteiger charge is 2.35. The molecule has 0 radical (unpaired) electrons. The summed E-state index contributed by atoms with van der Waals surface area (Å²) in [6, 6.07) is 8.48. The number of aryl methyl sites for hydroxylation is 1. The first-order valence-corrected chi connectivity index (χ1v) is 11.7. The molecule has 5 N–H and O–H groups in total. The number of nitrogen functional groups attached to an aromatic ring is 1. The van der Waals surface area contributed by atoms with Gasteiger partial charge < -0.3 is 21.5 Å². The summed E-state index contributed by atoms with van der Waals surface area (Å²) in [6.45, 7) is 5.62. The quantitative estimate of drug-likeness (QED) is 0.599. The molecule has 180 valence electrons. The highest BCUT2D eigenvalue weighted by molar-refractivity contribution is 6.09. The minimum absolute atomic E-state index is 0.0987. The minimum Gasteiger partial charge on any atom is -0.463 e. The first kappa shape index (κ1) is 23.7. The van der Waals surface area contributed by atoms with E-state index in [9.17, 15) is 9.59 Å². The number of aliphatic imine (C=N–C) groups is 1. The molecule has 1 aromatic carbocycles. The molecule has 34 heavy (non-hydrogen) atoms. The number of carbonyl (C=O) groups is 2. The van der Waals surface area contributed by atoms with Gasteiger partial charge in [0.15, 0.2) is 11.5 Å². The lowest BCUT2D eigenvalue weighted by Gasteiger charge is -2.32. The highest BCUT2D eigenvalue weighted by atomic mass is 16.5. The summed E-state index contributed by atoms with van der Waals surface area (Å²) in [6.07, 6.45) is 4.48. The molecule has 0 unspecified atom stereocenters. The molecule has 2 aliphatic rings. The van der Waals surface area contributed by atoms with Crippen molar-refractivity contribution in [2.75, 3.05) is 12.3 Å². The molecule has 4 rings (SSSR count). The number of primary amides is 1. The Hall–Kier alpha value is -3.49. The lowest BCUT2D eigenvalue weighted by atomic mass is 9.77. The zero-order valence-corrected chi connectivity index (χ0v) is 19.9. The molecular weight excluding hydrogens is 432 g/mol. The number of amides is 2. The predicted octanol–water partition coefficient (Wildman–Crippen LogP) is 2.92. The topological polar surface area (TPSA) is 146 Å². The number of rotatable bonds is 6. The molecule has 1 fully saturated rings. The average Bonchev–Trinajstić information content (AvgIpc) is 2.77. The molecule has 9 heteroatoms. The molecule has 0 spiro atoms. The van der Waals surface area contributed by atoms with Gasteiger partial charge >= 0.3 is 0 Å². The smallest absolute Gasteiger partial charge is 0.246 e. The number of aromatic nitrogens is 2. The summed E-state index contributed by atoms with van der Waals surface area (Å²) >= 11 is 0. The number of nitrogens with zero attached hydrogens (tertiary/aromatic N) is 3. The van der Waals surface area contributed by atoms with E-state index in [1.165, 1.54) is 5.56 Å². The van der Waals surface area contributed by atoms with E-state index in [4.69, 9.17) is 21.2 Å². The van der Waals surface area contributed by atoms with Crippen LogP contribution in [0.2, 0.25) is 0 Å². The van der Waals surface area contributed by atoms with Crippen molar-refractivity contribution in [3.63, 3.8) is 0 Å². The Bertz CT molecular complexity index is 1120. The van der Waals surface area contributed by atoms with Crippen molar-refractivity contribution in [2.45, 2.75) is 64.4 Å². The first-order valence-electron chi connectivity index (χ1n) is 11.7. The number of nitrogens with two attached hydrogens (primary N) is 2. The molecule has 2 aromatic rings. The van der Waals surface area contributed by atoms with Crippen molar-refractivity contribution in [1.82, 2.24) is 15.3 Å². The van der Waals surface area contributed by atoms with Crippen molar-refractivity contribution in [1.29, 1.82) is 0 Å². The fraction of sp³-hybridized carbons (Fsp3) is 0.480. The average molecular weight is 465 g/mol. The maximum atomic E-state index is 12.0. The molecule has 2 amide bonds. The van der Waals surface area contributed by atoms with Gasteiger partial charge in [0.2, 0.25) is 17.7 Å². The third kappa shape index (κ3) is 5.18. The van der Waals surface area contributed by atoms with Crippen LogP contribution in [-0.4, -0.2) is 39.6 Å². The zero-order valence-electron chi connectivity index (χ0n) is 19.9. The van der Waals surface area contributed by atoms with Gasteiger partial charge in [0.25, 0.3) is 0 Å². The van der Waals surface area contributed by atoms with Crippen LogP contribution in [0.1, 0.15) is 68.8 Å². The third-order valence-corrected chi connectivity index (χ3v) is 6.57. The van der Waals surface area contributed by atoms with Crippen LogP contribution in [0.3, 0.4) is 0 Å². The van der Waals surface area contributed by atoms with Crippen LogP contribution in [0.4, 0.5) is 11.5 Å². The van der Waals surface area contributed by atoms with Gasteiger partial charge in [-0.25, -0.2) is 9.98 Å². The van der Waals surface area contributed by atoms with Crippen molar-refractivity contribution < 1.29 is 14.3 Å². The molecule has 0 saturated heterocycles. The summed E-state index contributed by atoms with van der Waals surface area (Å²) in [4.78, 5) is 36.1. The van der Waals surface area contributed by atoms with Crippen molar-refractivity contribution >= 4 is 29.0 Å². The van der Waals surface area contributed by atoms with Crippen LogP contribution in [0.25, 0.3) is 0 Å². The Morgan fingerprint density at radius 3 is 2.44 bits per heavy atom. The summed E-state index contributed by atoms with van der Waals surface area (Å²) in [5.74, 6) is 1.45. The number of ether oxygens (including phenoxy) is 1. The van der Waals surface area contributed by atoms with E-state index >= 15 is 0 Å². The van der Waals surface area contributed by atoms with Crippen LogP contribution >= 0.6 is 0 Å². The molecular formula is C25H32N6O3.